The molecule has 2 aromatic rings. The zero-order valence-corrected chi connectivity index (χ0v) is 16.1. The molecule has 0 atom stereocenters. The lowest BCUT2D eigenvalue weighted by Crippen LogP contribution is -2.31. The minimum absolute atomic E-state index is 0.0791. The molecule has 1 heterocycles. The fourth-order valence-electron chi connectivity index (χ4n) is 3.69. The Hall–Kier alpha value is -2.13. The minimum Gasteiger partial charge on any atom is -0.496 e. The van der Waals surface area contributed by atoms with Crippen molar-refractivity contribution in [2.75, 3.05) is 19.5 Å². The van der Waals surface area contributed by atoms with Gasteiger partial charge in [-0.25, -0.2) is 0 Å². The van der Waals surface area contributed by atoms with Gasteiger partial charge in [-0.15, -0.1) is 11.6 Å². The van der Waals surface area contributed by atoms with Crippen LogP contribution in [-0.4, -0.2) is 19.8 Å². The Morgan fingerprint density at radius 3 is 2.20 bits per heavy atom. The van der Waals surface area contributed by atoms with Gasteiger partial charge < -0.3 is 14.8 Å². The maximum atomic E-state index is 6.41. The number of benzene rings is 2. The van der Waals surface area contributed by atoms with E-state index in [0.717, 1.165) is 33.9 Å². The second-order valence-corrected chi connectivity index (χ2v) is 7.13. The van der Waals surface area contributed by atoms with Crippen LogP contribution >= 0.6 is 11.6 Å². The molecule has 0 bridgehead atoms. The molecule has 4 heteroatoms. The highest BCUT2D eigenvalue weighted by Crippen LogP contribution is 2.45. The van der Waals surface area contributed by atoms with E-state index in [1.54, 1.807) is 14.2 Å². The van der Waals surface area contributed by atoms with E-state index >= 15 is 0 Å². The van der Waals surface area contributed by atoms with Gasteiger partial charge in [-0.3, -0.25) is 0 Å². The van der Waals surface area contributed by atoms with E-state index in [1.807, 2.05) is 18.2 Å². The van der Waals surface area contributed by atoms with E-state index in [-0.39, 0.29) is 5.54 Å². The Balaban J connectivity index is 2.30. The first kappa shape index (κ1) is 17.7. The number of methoxy groups -OCH3 is 2. The summed E-state index contributed by atoms with van der Waals surface area (Å²) in [5, 5.41) is 3.58. The van der Waals surface area contributed by atoms with Crippen LogP contribution in [0, 0.1) is 0 Å². The SMILES string of the molecule is COc1cccc(OC)c1-c1ccc2c(c1CCl)C(C)=CC(C)(C)N2. The first-order valence-corrected chi connectivity index (χ1v) is 8.86. The summed E-state index contributed by atoms with van der Waals surface area (Å²) in [7, 11) is 3.35. The molecule has 1 N–H and O–H groups in total. The summed E-state index contributed by atoms with van der Waals surface area (Å²) in [6, 6.07) is 10.0. The normalized spacial score (nSPS) is 15.0. The molecule has 0 unspecified atom stereocenters. The molecular weight excluding hydrogens is 334 g/mol. The highest BCUT2D eigenvalue weighted by Gasteiger charge is 2.27. The van der Waals surface area contributed by atoms with Crippen molar-refractivity contribution < 1.29 is 9.47 Å². The van der Waals surface area contributed by atoms with E-state index < -0.39 is 0 Å². The van der Waals surface area contributed by atoms with Crippen LogP contribution in [0.15, 0.2) is 36.4 Å². The third-order valence-electron chi connectivity index (χ3n) is 4.57. The molecule has 2 aromatic carbocycles. The zero-order chi connectivity index (χ0) is 18.2. The van der Waals surface area contributed by atoms with Crippen LogP contribution < -0.4 is 14.8 Å². The van der Waals surface area contributed by atoms with E-state index in [1.165, 1.54) is 11.1 Å². The molecule has 0 saturated carbocycles. The highest BCUT2D eigenvalue weighted by atomic mass is 35.5. The molecule has 0 saturated heterocycles. The van der Waals surface area contributed by atoms with Crippen LogP contribution in [0.4, 0.5) is 5.69 Å². The molecule has 1 aliphatic heterocycles. The number of hydrogen-bond donors (Lipinski definition) is 1. The molecule has 25 heavy (non-hydrogen) atoms. The number of hydrogen-bond acceptors (Lipinski definition) is 3. The van der Waals surface area contributed by atoms with Gasteiger partial charge in [-0.05, 0) is 55.7 Å². The predicted octanol–water partition coefficient (Wildman–Crippen LogP) is 5.72. The average molecular weight is 358 g/mol. The molecule has 0 aliphatic carbocycles. The lowest BCUT2D eigenvalue weighted by Gasteiger charge is -2.33. The topological polar surface area (TPSA) is 30.5 Å². The Labute approximate surface area is 154 Å². The van der Waals surface area contributed by atoms with Crippen molar-refractivity contribution in [3.63, 3.8) is 0 Å². The van der Waals surface area contributed by atoms with Gasteiger partial charge in [0.1, 0.15) is 11.5 Å². The average Bonchev–Trinajstić information content (AvgIpc) is 2.58. The lowest BCUT2D eigenvalue weighted by atomic mass is 9.85. The van der Waals surface area contributed by atoms with Gasteiger partial charge in [0.05, 0.1) is 25.3 Å². The number of ether oxygens (including phenoxy) is 2. The van der Waals surface area contributed by atoms with Gasteiger partial charge in [0.15, 0.2) is 0 Å². The van der Waals surface area contributed by atoms with Crippen LogP contribution in [0.1, 0.15) is 31.9 Å². The van der Waals surface area contributed by atoms with Crippen molar-refractivity contribution in [2.45, 2.75) is 32.2 Å². The maximum absolute atomic E-state index is 6.41. The number of rotatable bonds is 4. The Kier molecular flexibility index (Phi) is 4.70. The van der Waals surface area contributed by atoms with Crippen molar-refractivity contribution in [1.29, 1.82) is 0 Å². The smallest absolute Gasteiger partial charge is 0.130 e. The number of alkyl halides is 1. The molecule has 3 rings (SSSR count). The number of nitrogens with one attached hydrogen (secondary N) is 1. The molecule has 0 radical (unpaired) electrons. The molecule has 0 aromatic heterocycles. The van der Waals surface area contributed by atoms with Gasteiger partial charge in [0.2, 0.25) is 0 Å². The number of fused-ring (bicyclic) bond motifs is 1. The van der Waals surface area contributed by atoms with Gasteiger partial charge in [-0.2, -0.15) is 0 Å². The van der Waals surface area contributed by atoms with E-state index in [4.69, 9.17) is 21.1 Å². The monoisotopic (exact) mass is 357 g/mol. The first-order chi connectivity index (χ1) is 11.9. The molecule has 3 nitrogen and oxygen atoms in total. The maximum Gasteiger partial charge on any atom is 0.130 e. The fourth-order valence-corrected chi connectivity index (χ4v) is 3.97. The number of allylic oxidation sites excluding steroid dienone is 1. The Bertz CT molecular complexity index is 818. The fraction of sp³-hybridized carbons (Fsp3) is 0.333. The zero-order valence-electron chi connectivity index (χ0n) is 15.4. The van der Waals surface area contributed by atoms with Crippen LogP contribution in [0.2, 0.25) is 0 Å². The van der Waals surface area contributed by atoms with Crippen molar-refractivity contribution in [1.82, 2.24) is 0 Å². The van der Waals surface area contributed by atoms with Crippen molar-refractivity contribution in [3.8, 4) is 22.6 Å². The quantitative estimate of drug-likeness (QED) is 0.710. The second kappa shape index (κ2) is 6.64. The summed E-state index contributed by atoms with van der Waals surface area (Å²) < 4.78 is 11.2. The molecule has 1 aliphatic rings. The van der Waals surface area contributed by atoms with Crippen molar-refractivity contribution in [2.24, 2.45) is 0 Å². The summed E-state index contributed by atoms with van der Waals surface area (Å²) in [5.41, 5.74) is 6.48. The largest absolute Gasteiger partial charge is 0.496 e. The van der Waals surface area contributed by atoms with E-state index in [0.29, 0.717) is 5.88 Å². The Morgan fingerprint density at radius 1 is 1.00 bits per heavy atom. The summed E-state index contributed by atoms with van der Waals surface area (Å²) in [4.78, 5) is 0. The van der Waals surface area contributed by atoms with Crippen LogP contribution in [0.5, 0.6) is 11.5 Å². The third-order valence-corrected chi connectivity index (χ3v) is 4.84. The first-order valence-electron chi connectivity index (χ1n) is 8.33. The van der Waals surface area contributed by atoms with Gasteiger partial charge in [0.25, 0.3) is 0 Å². The summed E-state index contributed by atoms with van der Waals surface area (Å²) >= 11 is 6.41. The lowest BCUT2D eigenvalue weighted by molar-refractivity contribution is 0.397. The molecular formula is C21H24ClNO2. The Morgan fingerprint density at radius 2 is 1.64 bits per heavy atom. The highest BCUT2D eigenvalue weighted by molar-refractivity contribution is 6.18. The standard InChI is InChI=1S/C21H24ClNO2/c1-13-11-21(2,3)23-16-10-9-14(15(12-22)19(13)16)20-17(24-4)7-6-8-18(20)25-5/h6-11,23H,12H2,1-5H3. The third kappa shape index (κ3) is 3.09. The van der Waals surface area contributed by atoms with Crippen molar-refractivity contribution in [3.05, 3.63) is 47.5 Å². The molecule has 0 fully saturated rings. The van der Waals surface area contributed by atoms with Crippen LogP contribution in [0.3, 0.4) is 0 Å². The second-order valence-electron chi connectivity index (χ2n) is 6.86. The number of anilines is 1. The van der Waals surface area contributed by atoms with Crippen LogP contribution in [-0.2, 0) is 5.88 Å². The molecule has 132 valence electrons. The molecule has 0 spiro atoms. The summed E-state index contributed by atoms with van der Waals surface area (Å²) in [6.45, 7) is 6.47. The van der Waals surface area contributed by atoms with Gasteiger partial charge in [0, 0.05) is 17.1 Å². The summed E-state index contributed by atoms with van der Waals surface area (Å²) in [5.74, 6) is 1.96. The van der Waals surface area contributed by atoms with E-state index in [2.05, 4.69) is 44.3 Å². The predicted molar refractivity (Wildman–Crippen MR) is 106 cm³/mol. The minimum atomic E-state index is -0.0791. The van der Waals surface area contributed by atoms with E-state index in [9.17, 15) is 0 Å². The van der Waals surface area contributed by atoms with Crippen LogP contribution in [0.25, 0.3) is 16.7 Å². The number of halogens is 1. The summed E-state index contributed by atoms with van der Waals surface area (Å²) in [6.07, 6.45) is 2.24. The molecule has 0 amide bonds. The van der Waals surface area contributed by atoms with Gasteiger partial charge in [-0.1, -0.05) is 18.2 Å². The van der Waals surface area contributed by atoms with Crippen molar-refractivity contribution >= 4 is 22.9 Å². The van der Waals surface area contributed by atoms with Gasteiger partial charge >= 0.3 is 0 Å².